The molecule has 0 atom stereocenters. The third-order valence-electron chi connectivity index (χ3n) is 2.61. The molecule has 0 heterocycles. The number of nitriles is 1. The summed E-state index contributed by atoms with van der Waals surface area (Å²) >= 11 is 0. The predicted octanol–water partition coefficient (Wildman–Crippen LogP) is 3.32. The summed E-state index contributed by atoms with van der Waals surface area (Å²) in [7, 11) is 0. The highest BCUT2D eigenvalue weighted by Crippen LogP contribution is 2.18. The van der Waals surface area contributed by atoms with Crippen LogP contribution in [-0.4, -0.2) is 13.2 Å². The van der Waals surface area contributed by atoms with E-state index in [2.05, 4.69) is 6.07 Å². The molecule has 2 aromatic rings. The van der Waals surface area contributed by atoms with Gasteiger partial charge < -0.3 is 9.47 Å². The molecule has 2 rings (SSSR count). The molecule has 0 bridgehead atoms. The number of aryl methyl sites for hydroxylation is 1. The standard InChI is InChI=1S/C16H15NO2/c1-13-7-8-16(14(11-13)12-17)19-10-9-18-15-5-3-2-4-6-15/h2-8,11H,9-10H2,1H3. The average Bonchev–Trinajstić information content (AvgIpc) is 2.46. The SMILES string of the molecule is Cc1ccc(OCCOc2ccccc2)c(C#N)c1. The molecule has 2 aromatic carbocycles. The molecule has 0 aliphatic rings. The molecule has 0 radical (unpaired) electrons. The van der Waals surface area contributed by atoms with Crippen LogP contribution >= 0.6 is 0 Å². The molecule has 96 valence electrons. The highest BCUT2D eigenvalue weighted by Gasteiger charge is 2.03. The van der Waals surface area contributed by atoms with Crippen LogP contribution < -0.4 is 9.47 Å². The van der Waals surface area contributed by atoms with E-state index < -0.39 is 0 Å². The zero-order valence-corrected chi connectivity index (χ0v) is 10.8. The molecule has 3 nitrogen and oxygen atoms in total. The van der Waals surface area contributed by atoms with Crippen LogP contribution in [0.3, 0.4) is 0 Å². The molecule has 0 aromatic heterocycles. The van der Waals surface area contributed by atoms with Crippen LogP contribution in [0.1, 0.15) is 11.1 Å². The highest BCUT2D eigenvalue weighted by molar-refractivity contribution is 5.45. The number of benzene rings is 2. The van der Waals surface area contributed by atoms with Crippen LogP contribution in [-0.2, 0) is 0 Å². The molecule has 3 heteroatoms. The van der Waals surface area contributed by atoms with Crippen molar-refractivity contribution in [2.24, 2.45) is 0 Å². The van der Waals surface area contributed by atoms with E-state index in [1.54, 1.807) is 0 Å². The zero-order chi connectivity index (χ0) is 13.5. The van der Waals surface area contributed by atoms with E-state index in [9.17, 15) is 0 Å². The van der Waals surface area contributed by atoms with Crippen molar-refractivity contribution in [2.45, 2.75) is 6.92 Å². The Kier molecular flexibility index (Phi) is 4.41. The Balaban J connectivity index is 1.85. The number of para-hydroxylation sites is 1. The fourth-order valence-electron chi connectivity index (χ4n) is 1.68. The molecule has 19 heavy (non-hydrogen) atoms. The molecule has 0 saturated carbocycles. The lowest BCUT2D eigenvalue weighted by Crippen LogP contribution is -2.09. The Morgan fingerprint density at radius 3 is 2.47 bits per heavy atom. The second kappa shape index (κ2) is 6.46. The lowest BCUT2D eigenvalue weighted by molar-refractivity contribution is 0.217. The maximum absolute atomic E-state index is 9.02. The van der Waals surface area contributed by atoms with Crippen LogP contribution in [0.15, 0.2) is 48.5 Å². The lowest BCUT2D eigenvalue weighted by Gasteiger charge is -2.09. The molecular formula is C16H15NO2. The molecule has 0 amide bonds. The van der Waals surface area contributed by atoms with E-state index in [1.807, 2.05) is 55.5 Å². The van der Waals surface area contributed by atoms with Crippen molar-refractivity contribution in [1.82, 2.24) is 0 Å². The molecular weight excluding hydrogens is 238 g/mol. The summed E-state index contributed by atoms with van der Waals surface area (Å²) in [5.74, 6) is 1.42. The first-order valence-corrected chi connectivity index (χ1v) is 6.11. The van der Waals surface area contributed by atoms with Gasteiger partial charge >= 0.3 is 0 Å². The van der Waals surface area contributed by atoms with Gasteiger partial charge in [-0.05, 0) is 36.8 Å². The maximum Gasteiger partial charge on any atom is 0.137 e. The van der Waals surface area contributed by atoms with Gasteiger partial charge in [0.05, 0.1) is 5.56 Å². The van der Waals surface area contributed by atoms with Crippen molar-refractivity contribution in [1.29, 1.82) is 5.26 Å². The molecule has 0 N–H and O–H groups in total. The van der Waals surface area contributed by atoms with Crippen molar-refractivity contribution >= 4 is 0 Å². The minimum absolute atomic E-state index is 0.409. The largest absolute Gasteiger partial charge is 0.490 e. The third kappa shape index (κ3) is 3.75. The lowest BCUT2D eigenvalue weighted by atomic mass is 10.1. The smallest absolute Gasteiger partial charge is 0.137 e. The summed E-state index contributed by atoms with van der Waals surface area (Å²) in [6, 6.07) is 17.3. The van der Waals surface area contributed by atoms with Crippen LogP contribution in [0.4, 0.5) is 0 Å². The van der Waals surface area contributed by atoms with Crippen molar-refractivity contribution in [3.63, 3.8) is 0 Å². The zero-order valence-electron chi connectivity index (χ0n) is 10.8. The summed E-state index contributed by atoms with van der Waals surface area (Å²) in [6.45, 7) is 2.80. The number of nitrogens with zero attached hydrogens (tertiary/aromatic N) is 1. The number of rotatable bonds is 5. The minimum Gasteiger partial charge on any atom is -0.490 e. The first kappa shape index (κ1) is 13.0. The van der Waals surface area contributed by atoms with E-state index in [-0.39, 0.29) is 0 Å². The molecule has 0 fully saturated rings. The normalized spacial score (nSPS) is 9.68. The van der Waals surface area contributed by atoms with Gasteiger partial charge in [-0.15, -0.1) is 0 Å². The van der Waals surface area contributed by atoms with E-state index in [1.165, 1.54) is 0 Å². The van der Waals surface area contributed by atoms with Gasteiger partial charge in [0.15, 0.2) is 0 Å². The summed E-state index contributed by atoms with van der Waals surface area (Å²) < 4.78 is 11.1. The van der Waals surface area contributed by atoms with Gasteiger partial charge in [0.1, 0.15) is 30.8 Å². The van der Waals surface area contributed by atoms with E-state index in [0.29, 0.717) is 24.5 Å². The summed E-state index contributed by atoms with van der Waals surface area (Å²) in [5.41, 5.74) is 1.60. The minimum atomic E-state index is 0.409. The first-order chi connectivity index (χ1) is 9.29. The van der Waals surface area contributed by atoms with Crippen molar-refractivity contribution in [2.75, 3.05) is 13.2 Å². The van der Waals surface area contributed by atoms with Gasteiger partial charge in [0.2, 0.25) is 0 Å². The van der Waals surface area contributed by atoms with Crippen LogP contribution in [0.25, 0.3) is 0 Å². The number of hydrogen-bond donors (Lipinski definition) is 0. The Hall–Kier alpha value is -2.47. The average molecular weight is 253 g/mol. The van der Waals surface area contributed by atoms with Gasteiger partial charge in [0, 0.05) is 0 Å². The Bertz CT molecular complexity index is 573. The summed E-state index contributed by atoms with van der Waals surface area (Å²) in [6.07, 6.45) is 0. The quantitative estimate of drug-likeness (QED) is 0.767. The first-order valence-electron chi connectivity index (χ1n) is 6.11. The van der Waals surface area contributed by atoms with Crippen LogP contribution in [0, 0.1) is 18.3 Å². The van der Waals surface area contributed by atoms with E-state index in [4.69, 9.17) is 14.7 Å². The number of ether oxygens (including phenoxy) is 2. The Labute approximate surface area is 113 Å². The second-order valence-corrected chi connectivity index (χ2v) is 4.12. The second-order valence-electron chi connectivity index (χ2n) is 4.12. The maximum atomic E-state index is 9.02. The monoisotopic (exact) mass is 253 g/mol. The Morgan fingerprint density at radius 1 is 1.00 bits per heavy atom. The fourth-order valence-corrected chi connectivity index (χ4v) is 1.68. The molecule has 0 aliphatic carbocycles. The van der Waals surface area contributed by atoms with Gasteiger partial charge in [-0.2, -0.15) is 5.26 Å². The highest BCUT2D eigenvalue weighted by atomic mass is 16.5. The topological polar surface area (TPSA) is 42.2 Å². The van der Waals surface area contributed by atoms with Gasteiger partial charge in [-0.3, -0.25) is 0 Å². The third-order valence-corrected chi connectivity index (χ3v) is 2.61. The van der Waals surface area contributed by atoms with Crippen molar-refractivity contribution < 1.29 is 9.47 Å². The van der Waals surface area contributed by atoms with Gasteiger partial charge in [0.25, 0.3) is 0 Å². The molecule has 0 saturated heterocycles. The van der Waals surface area contributed by atoms with Gasteiger partial charge in [-0.25, -0.2) is 0 Å². The molecule has 0 spiro atoms. The van der Waals surface area contributed by atoms with E-state index in [0.717, 1.165) is 11.3 Å². The number of hydrogen-bond acceptors (Lipinski definition) is 3. The van der Waals surface area contributed by atoms with Crippen LogP contribution in [0.2, 0.25) is 0 Å². The molecule has 0 unspecified atom stereocenters. The van der Waals surface area contributed by atoms with E-state index >= 15 is 0 Å². The summed E-state index contributed by atoms with van der Waals surface area (Å²) in [5, 5.41) is 9.02. The van der Waals surface area contributed by atoms with Crippen molar-refractivity contribution in [3.05, 3.63) is 59.7 Å². The summed E-state index contributed by atoms with van der Waals surface area (Å²) in [4.78, 5) is 0. The molecule has 0 aliphatic heterocycles. The van der Waals surface area contributed by atoms with Crippen LogP contribution in [0.5, 0.6) is 11.5 Å². The fraction of sp³-hybridized carbons (Fsp3) is 0.188. The Morgan fingerprint density at radius 2 is 1.74 bits per heavy atom. The van der Waals surface area contributed by atoms with Gasteiger partial charge in [-0.1, -0.05) is 24.3 Å². The van der Waals surface area contributed by atoms with Crippen molar-refractivity contribution in [3.8, 4) is 17.6 Å². The predicted molar refractivity (Wildman–Crippen MR) is 73.3 cm³/mol.